The number of hydrogen-bond acceptors (Lipinski definition) is 2. The second-order valence-corrected chi connectivity index (χ2v) is 4.71. The summed E-state index contributed by atoms with van der Waals surface area (Å²) in [6.07, 6.45) is 5.25. The SMILES string of the molecule is NCCCNC(=O)CCCc1c[nH]c2ccccc12. The Labute approximate surface area is 113 Å². The summed E-state index contributed by atoms with van der Waals surface area (Å²) in [6.45, 7) is 1.30. The van der Waals surface area contributed by atoms with Crippen LogP contribution in [0.1, 0.15) is 24.8 Å². The molecule has 0 atom stereocenters. The number of benzene rings is 1. The van der Waals surface area contributed by atoms with E-state index in [1.54, 1.807) is 0 Å². The Balaban J connectivity index is 1.78. The molecule has 1 aromatic carbocycles. The number of aromatic nitrogens is 1. The number of hydrogen-bond donors (Lipinski definition) is 3. The number of carbonyl (C=O) groups is 1. The van der Waals surface area contributed by atoms with Gasteiger partial charge in [-0.2, -0.15) is 0 Å². The van der Waals surface area contributed by atoms with Gasteiger partial charge in [0.05, 0.1) is 0 Å². The highest BCUT2D eigenvalue weighted by molar-refractivity contribution is 5.83. The van der Waals surface area contributed by atoms with E-state index in [4.69, 9.17) is 5.73 Å². The van der Waals surface area contributed by atoms with Gasteiger partial charge in [-0.25, -0.2) is 0 Å². The third kappa shape index (κ3) is 3.83. The Kier molecular flexibility index (Phi) is 4.98. The first-order chi connectivity index (χ1) is 9.31. The molecule has 4 heteroatoms. The number of para-hydroxylation sites is 1. The first kappa shape index (κ1) is 13.6. The number of nitrogens with one attached hydrogen (secondary N) is 2. The first-order valence-electron chi connectivity index (χ1n) is 6.83. The number of carbonyl (C=O) groups excluding carboxylic acids is 1. The summed E-state index contributed by atoms with van der Waals surface area (Å²) < 4.78 is 0. The summed E-state index contributed by atoms with van der Waals surface area (Å²) in [5.74, 6) is 0.119. The molecule has 2 rings (SSSR count). The van der Waals surface area contributed by atoms with Crippen LogP contribution in [0.3, 0.4) is 0 Å². The van der Waals surface area contributed by atoms with Crippen LogP contribution in [0.5, 0.6) is 0 Å². The van der Waals surface area contributed by atoms with Crippen molar-refractivity contribution >= 4 is 16.8 Å². The summed E-state index contributed by atoms with van der Waals surface area (Å²) in [6, 6.07) is 8.24. The maximum Gasteiger partial charge on any atom is 0.220 e. The Morgan fingerprint density at radius 3 is 2.95 bits per heavy atom. The zero-order chi connectivity index (χ0) is 13.5. The molecule has 4 N–H and O–H groups in total. The lowest BCUT2D eigenvalue weighted by atomic mass is 10.1. The van der Waals surface area contributed by atoms with E-state index in [2.05, 4.69) is 22.4 Å². The van der Waals surface area contributed by atoms with Crippen molar-refractivity contribution in [2.75, 3.05) is 13.1 Å². The largest absolute Gasteiger partial charge is 0.361 e. The van der Waals surface area contributed by atoms with Crippen molar-refractivity contribution in [3.63, 3.8) is 0 Å². The third-order valence-corrected chi connectivity index (χ3v) is 3.23. The fourth-order valence-electron chi connectivity index (χ4n) is 2.20. The molecule has 1 aromatic heterocycles. The van der Waals surface area contributed by atoms with Crippen LogP contribution < -0.4 is 11.1 Å². The summed E-state index contributed by atoms with van der Waals surface area (Å²) in [5.41, 5.74) is 7.82. The minimum absolute atomic E-state index is 0.119. The number of aryl methyl sites for hydroxylation is 1. The number of H-pyrrole nitrogens is 1. The summed E-state index contributed by atoms with van der Waals surface area (Å²) in [4.78, 5) is 14.8. The van der Waals surface area contributed by atoms with Gasteiger partial charge in [0, 0.05) is 30.1 Å². The topological polar surface area (TPSA) is 70.9 Å². The molecule has 1 heterocycles. The van der Waals surface area contributed by atoms with Gasteiger partial charge in [0.25, 0.3) is 0 Å². The van der Waals surface area contributed by atoms with Crippen LogP contribution in [0, 0.1) is 0 Å². The van der Waals surface area contributed by atoms with Crippen LogP contribution in [-0.4, -0.2) is 24.0 Å². The maximum absolute atomic E-state index is 11.6. The highest BCUT2D eigenvalue weighted by atomic mass is 16.1. The van der Waals surface area contributed by atoms with E-state index in [-0.39, 0.29) is 5.91 Å². The van der Waals surface area contributed by atoms with Gasteiger partial charge in [-0.05, 0) is 37.4 Å². The molecule has 2 aromatic rings. The molecule has 0 fully saturated rings. The number of rotatable bonds is 7. The van der Waals surface area contributed by atoms with Crippen molar-refractivity contribution in [2.24, 2.45) is 5.73 Å². The van der Waals surface area contributed by atoms with Crippen LogP contribution in [0.4, 0.5) is 0 Å². The number of nitrogens with two attached hydrogens (primary N) is 1. The fraction of sp³-hybridized carbons (Fsp3) is 0.400. The molecule has 0 saturated heterocycles. The van der Waals surface area contributed by atoms with Crippen LogP contribution in [0.15, 0.2) is 30.5 Å². The minimum Gasteiger partial charge on any atom is -0.361 e. The van der Waals surface area contributed by atoms with Crippen LogP contribution in [0.25, 0.3) is 10.9 Å². The molecular formula is C15H21N3O. The first-order valence-corrected chi connectivity index (χ1v) is 6.83. The number of amides is 1. The molecule has 0 bridgehead atoms. The van der Waals surface area contributed by atoms with Crippen LogP contribution >= 0.6 is 0 Å². The van der Waals surface area contributed by atoms with Crippen molar-refractivity contribution in [3.8, 4) is 0 Å². The average molecular weight is 259 g/mol. The smallest absolute Gasteiger partial charge is 0.220 e. The lowest BCUT2D eigenvalue weighted by Gasteiger charge is -2.03. The quantitative estimate of drug-likeness (QED) is 0.665. The summed E-state index contributed by atoms with van der Waals surface area (Å²) >= 11 is 0. The molecule has 19 heavy (non-hydrogen) atoms. The van der Waals surface area contributed by atoms with Crippen molar-refractivity contribution in [1.82, 2.24) is 10.3 Å². The van der Waals surface area contributed by atoms with Gasteiger partial charge in [0.1, 0.15) is 0 Å². The van der Waals surface area contributed by atoms with E-state index >= 15 is 0 Å². The zero-order valence-corrected chi connectivity index (χ0v) is 11.1. The van der Waals surface area contributed by atoms with E-state index < -0.39 is 0 Å². The third-order valence-electron chi connectivity index (χ3n) is 3.23. The second kappa shape index (κ2) is 6.95. The van der Waals surface area contributed by atoms with Gasteiger partial charge < -0.3 is 16.0 Å². The van der Waals surface area contributed by atoms with E-state index in [1.807, 2.05) is 18.3 Å². The Morgan fingerprint density at radius 1 is 1.26 bits per heavy atom. The van der Waals surface area contributed by atoms with Gasteiger partial charge in [-0.1, -0.05) is 18.2 Å². The van der Waals surface area contributed by atoms with E-state index in [0.29, 0.717) is 19.5 Å². The lowest BCUT2D eigenvalue weighted by molar-refractivity contribution is -0.121. The van der Waals surface area contributed by atoms with Gasteiger partial charge in [0.2, 0.25) is 5.91 Å². The molecule has 102 valence electrons. The molecule has 0 aliphatic carbocycles. The van der Waals surface area contributed by atoms with Crippen molar-refractivity contribution in [3.05, 3.63) is 36.0 Å². The highest BCUT2D eigenvalue weighted by Crippen LogP contribution is 2.19. The second-order valence-electron chi connectivity index (χ2n) is 4.71. The Hall–Kier alpha value is -1.81. The van der Waals surface area contributed by atoms with Gasteiger partial charge >= 0.3 is 0 Å². The zero-order valence-electron chi connectivity index (χ0n) is 11.1. The molecule has 0 aliphatic rings. The summed E-state index contributed by atoms with van der Waals surface area (Å²) in [7, 11) is 0. The van der Waals surface area contributed by atoms with Crippen LogP contribution in [-0.2, 0) is 11.2 Å². The highest BCUT2D eigenvalue weighted by Gasteiger charge is 2.04. The van der Waals surface area contributed by atoms with E-state index in [0.717, 1.165) is 24.8 Å². The predicted molar refractivity (Wildman–Crippen MR) is 77.9 cm³/mol. The Morgan fingerprint density at radius 2 is 2.11 bits per heavy atom. The monoisotopic (exact) mass is 259 g/mol. The standard InChI is InChI=1S/C15H21N3O/c16-9-4-10-17-15(19)8-3-5-12-11-18-14-7-2-1-6-13(12)14/h1-2,6-7,11,18H,3-5,8-10,16H2,(H,17,19). The Bertz CT molecular complexity index is 533. The van der Waals surface area contributed by atoms with Crippen molar-refractivity contribution in [1.29, 1.82) is 0 Å². The molecule has 4 nitrogen and oxygen atoms in total. The summed E-state index contributed by atoms with van der Waals surface area (Å²) in [5, 5.41) is 4.13. The molecule has 0 radical (unpaired) electrons. The van der Waals surface area contributed by atoms with Gasteiger partial charge in [0.15, 0.2) is 0 Å². The molecule has 0 saturated carbocycles. The number of aromatic amines is 1. The van der Waals surface area contributed by atoms with Crippen LogP contribution in [0.2, 0.25) is 0 Å². The van der Waals surface area contributed by atoms with Crippen molar-refractivity contribution in [2.45, 2.75) is 25.7 Å². The van der Waals surface area contributed by atoms with E-state index in [1.165, 1.54) is 10.9 Å². The van der Waals surface area contributed by atoms with Gasteiger partial charge in [-0.15, -0.1) is 0 Å². The fourth-order valence-corrected chi connectivity index (χ4v) is 2.20. The predicted octanol–water partition coefficient (Wildman–Crippen LogP) is 1.96. The van der Waals surface area contributed by atoms with Crippen molar-refractivity contribution < 1.29 is 4.79 Å². The lowest BCUT2D eigenvalue weighted by Crippen LogP contribution is -2.25. The van der Waals surface area contributed by atoms with E-state index in [9.17, 15) is 4.79 Å². The van der Waals surface area contributed by atoms with Gasteiger partial charge in [-0.3, -0.25) is 4.79 Å². The molecular weight excluding hydrogens is 238 g/mol. The minimum atomic E-state index is 0.119. The number of fused-ring (bicyclic) bond motifs is 1. The normalized spacial score (nSPS) is 10.8. The molecule has 1 amide bonds. The average Bonchev–Trinajstić information content (AvgIpc) is 2.83. The molecule has 0 spiro atoms. The maximum atomic E-state index is 11.6. The molecule has 0 aliphatic heterocycles. The molecule has 0 unspecified atom stereocenters.